The summed E-state index contributed by atoms with van der Waals surface area (Å²) in [6.45, 7) is 0.242. The van der Waals surface area contributed by atoms with Crippen molar-refractivity contribution in [3.8, 4) is 11.5 Å². The second-order valence-electron chi connectivity index (χ2n) is 4.27. The minimum Gasteiger partial charge on any atom is -0.508 e. The predicted molar refractivity (Wildman–Crippen MR) is 82.8 cm³/mol. The highest BCUT2D eigenvalue weighted by Crippen LogP contribution is 2.30. The number of nitro benzene ring substituents is 1. The lowest BCUT2D eigenvalue weighted by Crippen LogP contribution is -2.03. The monoisotopic (exact) mass is 352 g/mol. The molecule has 0 aliphatic carbocycles. The van der Waals surface area contributed by atoms with Gasteiger partial charge in [-0.25, -0.2) is 0 Å². The Morgan fingerprint density at radius 2 is 2.10 bits per heavy atom. The molecule has 0 saturated heterocycles. The molecule has 0 saturated carbocycles. The summed E-state index contributed by atoms with van der Waals surface area (Å²) in [4.78, 5) is 10.6. The second-order valence-corrected chi connectivity index (χ2v) is 5.18. The van der Waals surface area contributed by atoms with Crippen molar-refractivity contribution in [3.63, 3.8) is 0 Å². The number of halogens is 1. The van der Waals surface area contributed by atoms with Crippen LogP contribution >= 0.6 is 15.9 Å². The largest absolute Gasteiger partial charge is 0.508 e. The van der Waals surface area contributed by atoms with Gasteiger partial charge in [-0.1, -0.05) is 15.9 Å². The van der Waals surface area contributed by atoms with Crippen LogP contribution in [0.4, 0.5) is 11.4 Å². The average Bonchev–Trinajstić information content (AvgIpc) is 2.47. The van der Waals surface area contributed by atoms with E-state index in [2.05, 4.69) is 21.2 Å². The molecular formula is C14H13BrN2O4. The first-order valence-electron chi connectivity index (χ1n) is 6.05. The molecule has 0 amide bonds. The Balaban J connectivity index is 2.22. The van der Waals surface area contributed by atoms with Gasteiger partial charge in [0, 0.05) is 22.6 Å². The molecule has 0 fully saturated rings. The molecule has 0 atom stereocenters. The summed E-state index contributed by atoms with van der Waals surface area (Å²) in [5.74, 6) is 0.706. The summed E-state index contributed by atoms with van der Waals surface area (Å²) in [6, 6.07) is 9.58. The normalized spacial score (nSPS) is 10.2. The predicted octanol–water partition coefficient (Wildman–Crippen LogP) is 3.68. The number of nitrogens with zero attached hydrogens (tertiary/aromatic N) is 1. The summed E-state index contributed by atoms with van der Waals surface area (Å²) in [5.41, 5.74) is 0.934. The van der Waals surface area contributed by atoms with E-state index in [1.54, 1.807) is 24.3 Å². The van der Waals surface area contributed by atoms with Crippen molar-refractivity contribution in [2.45, 2.75) is 6.54 Å². The van der Waals surface area contributed by atoms with Crippen molar-refractivity contribution in [2.24, 2.45) is 0 Å². The first kappa shape index (κ1) is 15.1. The SMILES string of the molecule is COc1ccc(O)c(CNc2ccc(Br)cc2[N+](=O)[O-])c1. The van der Waals surface area contributed by atoms with Crippen LogP contribution in [0, 0.1) is 10.1 Å². The van der Waals surface area contributed by atoms with E-state index < -0.39 is 4.92 Å². The van der Waals surface area contributed by atoms with Gasteiger partial charge in [0.15, 0.2) is 0 Å². The minimum atomic E-state index is -0.460. The molecule has 0 aliphatic rings. The molecule has 0 aliphatic heterocycles. The van der Waals surface area contributed by atoms with E-state index in [0.29, 0.717) is 21.5 Å². The third-order valence-corrected chi connectivity index (χ3v) is 3.41. The van der Waals surface area contributed by atoms with E-state index in [0.717, 1.165) is 0 Å². The van der Waals surface area contributed by atoms with Gasteiger partial charge in [-0.2, -0.15) is 0 Å². The highest BCUT2D eigenvalue weighted by Gasteiger charge is 2.14. The van der Waals surface area contributed by atoms with Crippen LogP contribution in [0.25, 0.3) is 0 Å². The summed E-state index contributed by atoms with van der Waals surface area (Å²) < 4.78 is 5.71. The van der Waals surface area contributed by atoms with E-state index >= 15 is 0 Å². The second kappa shape index (κ2) is 6.45. The number of methoxy groups -OCH3 is 1. The Morgan fingerprint density at radius 3 is 2.76 bits per heavy atom. The smallest absolute Gasteiger partial charge is 0.293 e. The van der Waals surface area contributed by atoms with Gasteiger partial charge in [0.1, 0.15) is 17.2 Å². The fraction of sp³-hybridized carbons (Fsp3) is 0.143. The fourth-order valence-corrected chi connectivity index (χ4v) is 2.18. The molecule has 2 N–H and O–H groups in total. The van der Waals surface area contributed by atoms with Gasteiger partial charge < -0.3 is 15.2 Å². The van der Waals surface area contributed by atoms with Crippen LogP contribution in [0.15, 0.2) is 40.9 Å². The molecule has 0 radical (unpaired) electrons. The van der Waals surface area contributed by atoms with E-state index in [9.17, 15) is 15.2 Å². The summed E-state index contributed by atoms with van der Waals surface area (Å²) in [5, 5.41) is 23.8. The fourth-order valence-electron chi connectivity index (χ4n) is 1.83. The topological polar surface area (TPSA) is 84.6 Å². The number of benzene rings is 2. The van der Waals surface area contributed by atoms with Crippen molar-refractivity contribution in [1.82, 2.24) is 0 Å². The first-order valence-corrected chi connectivity index (χ1v) is 6.84. The number of nitro groups is 1. The van der Waals surface area contributed by atoms with Crippen molar-refractivity contribution >= 4 is 27.3 Å². The van der Waals surface area contributed by atoms with Gasteiger partial charge in [0.2, 0.25) is 0 Å². The number of hydrogen-bond acceptors (Lipinski definition) is 5. The van der Waals surface area contributed by atoms with Crippen molar-refractivity contribution in [3.05, 3.63) is 56.5 Å². The number of aromatic hydroxyl groups is 1. The Hall–Kier alpha value is -2.28. The zero-order chi connectivity index (χ0) is 15.4. The molecule has 0 bridgehead atoms. The molecule has 2 rings (SSSR count). The average molecular weight is 353 g/mol. The third kappa shape index (κ3) is 3.63. The van der Waals surface area contributed by atoms with Crippen molar-refractivity contribution < 1.29 is 14.8 Å². The lowest BCUT2D eigenvalue weighted by Gasteiger charge is -2.10. The van der Waals surface area contributed by atoms with E-state index in [1.165, 1.54) is 19.2 Å². The molecular weight excluding hydrogens is 340 g/mol. The lowest BCUT2D eigenvalue weighted by molar-refractivity contribution is -0.384. The van der Waals surface area contributed by atoms with Crippen LogP contribution in [0.1, 0.15) is 5.56 Å². The molecule has 0 heterocycles. The summed E-state index contributed by atoms with van der Waals surface area (Å²) >= 11 is 3.20. The Morgan fingerprint density at radius 1 is 1.33 bits per heavy atom. The van der Waals surface area contributed by atoms with Gasteiger partial charge in [-0.05, 0) is 30.3 Å². The lowest BCUT2D eigenvalue weighted by atomic mass is 10.1. The number of ether oxygens (including phenoxy) is 1. The number of anilines is 1. The van der Waals surface area contributed by atoms with Crippen molar-refractivity contribution in [1.29, 1.82) is 0 Å². The van der Waals surface area contributed by atoms with Gasteiger partial charge in [0.25, 0.3) is 5.69 Å². The number of nitrogens with one attached hydrogen (secondary N) is 1. The molecule has 110 valence electrons. The maximum Gasteiger partial charge on any atom is 0.293 e. The molecule has 7 heteroatoms. The Labute approximate surface area is 129 Å². The number of phenolic OH excluding ortho intramolecular Hbond substituents is 1. The Bertz CT molecular complexity index is 676. The molecule has 6 nitrogen and oxygen atoms in total. The van der Waals surface area contributed by atoms with E-state index in [1.807, 2.05) is 0 Å². The zero-order valence-corrected chi connectivity index (χ0v) is 12.8. The van der Waals surface area contributed by atoms with Crippen LogP contribution in [0.2, 0.25) is 0 Å². The molecule has 0 unspecified atom stereocenters. The third-order valence-electron chi connectivity index (χ3n) is 2.91. The Kier molecular flexibility index (Phi) is 4.64. The van der Waals surface area contributed by atoms with E-state index in [-0.39, 0.29) is 18.0 Å². The van der Waals surface area contributed by atoms with Crippen LogP contribution in [0.3, 0.4) is 0 Å². The van der Waals surface area contributed by atoms with Gasteiger partial charge in [-0.15, -0.1) is 0 Å². The molecule has 2 aromatic carbocycles. The summed E-state index contributed by atoms with van der Waals surface area (Å²) in [6.07, 6.45) is 0. The van der Waals surface area contributed by atoms with Crippen LogP contribution in [-0.4, -0.2) is 17.1 Å². The first-order chi connectivity index (χ1) is 10.0. The quantitative estimate of drug-likeness (QED) is 0.633. The van der Waals surface area contributed by atoms with E-state index in [4.69, 9.17) is 4.74 Å². The number of rotatable bonds is 5. The van der Waals surface area contributed by atoms with Gasteiger partial charge in [-0.3, -0.25) is 10.1 Å². The van der Waals surface area contributed by atoms with Crippen LogP contribution < -0.4 is 10.1 Å². The maximum atomic E-state index is 11.0. The summed E-state index contributed by atoms with van der Waals surface area (Å²) in [7, 11) is 1.53. The van der Waals surface area contributed by atoms with Gasteiger partial charge in [0.05, 0.1) is 12.0 Å². The molecule has 21 heavy (non-hydrogen) atoms. The maximum absolute atomic E-state index is 11.0. The molecule has 0 aromatic heterocycles. The van der Waals surface area contributed by atoms with Crippen molar-refractivity contribution in [2.75, 3.05) is 12.4 Å². The minimum absolute atomic E-state index is 0.0354. The van der Waals surface area contributed by atoms with Gasteiger partial charge >= 0.3 is 0 Å². The van der Waals surface area contributed by atoms with Crippen LogP contribution in [0.5, 0.6) is 11.5 Å². The van der Waals surface area contributed by atoms with Crippen LogP contribution in [-0.2, 0) is 6.54 Å². The standard InChI is InChI=1S/C14H13BrN2O4/c1-21-11-3-5-14(18)9(6-11)8-16-12-4-2-10(15)7-13(12)17(19)20/h2-7,16,18H,8H2,1H3. The number of hydrogen-bond donors (Lipinski definition) is 2. The number of phenols is 1. The highest BCUT2D eigenvalue weighted by molar-refractivity contribution is 9.10. The highest BCUT2D eigenvalue weighted by atomic mass is 79.9. The molecule has 0 spiro atoms. The zero-order valence-electron chi connectivity index (χ0n) is 11.2. The molecule has 2 aromatic rings.